The van der Waals surface area contributed by atoms with Crippen LogP contribution in [0.5, 0.6) is 5.75 Å². The van der Waals surface area contributed by atoms with Gasteiger partial charge in [0.2, 0.25) is 0 Å². The van der Waals surface area contributed by atoms with Gasteiger partial charge in [-0.15, -0.1) is 0 Å². The number of hydrogen-bond acceptors (Lipinski definition) is 4. The Morgan fingerprint density at radius 1 is 1.56 bits per heavy atom. The van der Waals surface area contributed by atoms with Crippen LogP contribution >= 0.6 is 15.9 Å². The van der Waals surface area contributed by atoms with Crippen LogP contribution in [0.15, 0.2) is 22.7 Å². The summed E-state index contributed by atoms with van der Waals surface area (Å²) in [5, 5.41) is 13.9. The molecule has 0 spiro atoms. The van der Waals surface area contributed by atoms with Crippen LogP contribution < -0.4 is 10.1 Å². The Labute approximate surface area is 101 Å². The molecule has 1 fully saturated rings. The molecule has 1 heterocycles. The molecule has 0 aromatic heterocycles. The van der Waals surface area contributed by atoms with Crippen molar-refractivity contribution in [1.29, 1.82) is 0 Å². The average molecular weight is 287 g/mol. The van der Waals surface area contributed by atoms with Gasteiger partial charge in [0.25, 0.3) is 0 Å². The number of nitrogens with one attached hydrogen (secondary N) is 1. The number of hydrogen-bond donors (Lipinski definition) is 1. The highest BCUT2D eigenvalue weighted by Gasteiger charge is 2.35. The number of nitro benzene ring substituents is 1. The van der Waals surface area contributed by atoms with E-state index in [1.165, 1.54) is 6.07 Å². The molecule has 1 aromatic carbocycles. The Morgan fingerprint density at radius 2 is 2.25 bits per heavy atom. The van der Waals surface area contributed by atoms with Crippen molar-refractivity contribution in [3.63, 3.8) is 0 Å². The molecule has 2 rings (SSSR count). The van der Waals surface area contributed by atoms with E-state index in [9.17, 15) is 10.1 Å². The molecule has 1 aromatic rings. The summed E-state index contributed by atoms with van der Waals surface area (Å²) >= 11 is 3.20. The molecule has 0 atom stereocenters. The van der Waals surface area contributed by atoms with E-state index in [1.54, 1.807) is 12.1 Å². The van der Waals surface area contributed by atoms with Crippen molar-refractivity contribution >= 4 is 21.6 Å². The van der Waals surface area contributed by atoms with Crippen molar-refractivity contribution in [3.05, 3.63) is 32.8 Å². The first kappa shape index (κ1) is 11.3. The highest BCUT2D eigenvalue weighted by Crippen LogP contribution is 2.33. The van der Waals surface area contributed by atoms with Gasteiger partial charge in [-0.3, -0.25) is 10.1 Å². The molecule has 6 heteroatoms. The third-order valence-corrected chi connectivity index (χ3v) is 2.97. The van der Waals surface area contributed by atoms with Crippen LogP contribution in [-0.4, -0.2) is 23.6 Å². The van der Waals surface area contributed by atoms with E-state index in [1.807, 2.05) is 6.92 Å². The molecule has 16 heavy (non-hydrogen) atoms. The van der Waals surface area contributed by atoms with Crippen molar-refractivity contribution in [1.82, 2.24) is 5.32 Å². The smallest absolute Gasteiger partial charge is 0.312 e. The summed E-state index contributed by atoms with van der Waals surface area (Å²) in [6.45, 7) is 3.34. The van der Waals surface area contributed by atoms with Gasteiger partial charge in [-0.05, 0) is 19.1 Å². The summed E-state index contributed by atoms with van der Waals surface area (Å²) in [6.07, 6.45) is 0. The Balaban J connectivity index is 2.29. The number of nitro groups is 1. The van der Waals surface area contributed by atoms with Crippen molar-refractivity contribution < 1.29 is 9.66 Å². The molecule has 0 aliphatic carbocycles. The lowest BCUT2D eigenvalue weighted by molar-refractivity contribution is -0.386. The van der Waals surface area contributed by atoms with Crippen LogP contribution in [0.1, 0.15) is 6.92 Å². The van der Waals surface area contributed by atoms with Crippen molar-refractivity contribution in [3.8, 4) is 5.75 Å². The molecule has 1 saturated heterocycles. The number of halogens is 1. The van der Waals surface area contributed by atoms with Crippen molar-refractivity contribution in [2.75, 3.05) is 13.1 Å². The van der Waals surface area contributed by atoms with Crippen molar-refractivity contribution in [2.24, 2.45) is 0 Å². The summed E-state index contributed by atoms with van der Waals surface area (Å²) in [4.78, 5) is 10.4. The predicted molar refractivity (Wildman–Crippen MR) is 62.7 cm³/mol. The Morgan fingerprint density at radius 3 is 2.75 bits per heavy atom. The second-order valence-corrected chi connectivity index (χ2v) is 4.94. The number of ether oxygens (including phenoxy) is 1. The SMILES string of the molecule is CC1(Oc2ccc(Br)cc2[N+](=O)[O-])CNC1. The summed E-state index contributed by atoms with van der Waals surface area (Å²) in [5.41, 5.74) is -0.346. The quantitative estimate of drug-likeness (QED) is 0.683. The van der Waals surface area contributed by atoms with Gasteiger partial charge in [-0.25, -0.2) is 0 Å². The Hall–Kier alpha value is -1.14. The Kier molecular flexibility index (Phi) is 2.86. The lowest BCUT2D eigenvalue weighted by Gasteiger charge is -2.39. The topological polar surface area (TPSA) is 64.4 Å². The maximum Gasteiger partial charge on any atom is 0.312 e. The van der Waals surface area contributed by atoms with E-state index in [4.69, 9.17) is 4.74 Å². The monoisotopic (exact) mass is 286 g/mol. The first-order valence-electron chi connectivity index (χ1n) is 4.84. The molecular formula is C10H11BrN2O3. The van der Waals surface area contributed by atoms with E-state index >= 15 is 0 Å². The molecule has 0 bridgehead atoms. The van der Waals surface area contributed by atoms with Crippen LogP contribution in [-0.2, 0) is 0 Å². The van der Waals surface area contributed by atoms with Gasteiger partial charge in [0.1, 0.15) is 5.60 Å². The second-order valence-electron chi connectivity index (χ2n) is 4.02. The number of benzene rings is 1. The fourth-order valence-electron chi connectivity index (χ4n) is 1.53. The third-order valence-electron chi connectivity index (χ3n) is 2.47. The molecule has 0 saturated carbocycles. The summed E-state index contributed by atoms with van der Waals surface area (Å²) in [5.74, 6) is 0.317. The number of rotatable bonds is 3. The molecule has 0 amide bonds. The average Bonchev–Trinajstić information content (AvgIpc) is 2.18. The lowest BCUT2D eigenvalue weighted by atomic mass is 10.00. The summed E-state index contributed by atoms with van der Waals surface area (Å²) in [7, 11) is 0. The van der Waals surface area contributed by atoms with Gasteiger partial charge in [0.15, 0.2) is 5.75 Å². The van der Waals surface area contributed by atoms with E-state index in [2.05, 4.69) is 21.2 Å². The van der Waals surface area contributed by atoms with Crippen LogP contribution in [0.4, 0.5) is 5.69 Å². The Bertz CT molecular complexity index is 432. The van der Waals surface area contributed by atoms with E-state index in [-0.39, 0.29) is 11.3 Å². The van der Waals surface area contributed by atoms with Crippen LogP contribution in [0.25, 0.3) is 0 Å². The predicted octanol–water partition coefficient (Wildman–Crippen LogP) is 2.10. The fourth-order valence-corrected chi connectivity index (χ4v) is 1.88. The first-order chi connectivity index (χ1) is 7.50. The molecule has 1 aliphatic rings. The van der Waals surface area contributed by atoms with Gasteiger partial charge in [-0.1, -0.05) is 15.9 Å². The zero-order valence-electron chi connectivity index (χ0n) is 8.70. The minimum absolute atomic E-state index is 0.0116. The van der Waals surface area contributed by atoms with Crippen LogP contribution in [0.2, 0.25) is 0 Å². The number of nitrogens with zero attached hydrogens (tertiary/aromatic N) is 1. The zero-order chi connectivity index (χ0) is 11.8. The summed E-state index contributed by atoms with van der Waals surface area (Å²) in [6, 6.07) is 4.80. The molecular weight excluding hydrogens is 276 g/mol. The largest absolute Gasteiger partial charge is 0.478 e. The maximum absolute atomic E-state index is 10.9. The van der Waals surface area contributed by atoms with E-state index in [0.717, 1.165) is 0 Å². The van der Waals surface area contributed by atoms with E-state index in [0.29, 0.717) is 23.3 Å². The van der Waals surface area contributed by atoms with Crippen LogP contribution in [0, 0.1) is 10.1 Å². The molecule has 86 valence electrons. The molecule has 1 aliphatic heterocycles. The lowest BCUT2D eigenvalue weighted by Crippen LogP contribution is -2.61. The standard InChI is InChI=1S/C10H11BrN2O3/c1-10(5-12-6-10)16-9-3-2-7(11)4-8(9)13(14)15/h2-4,12H,5-6H2,1H3. The minimum Gasteiger partial charge on any atom is -0.478 e. The van der Waals surface area contributed by atoms with Gasteiger partial charge < -0.3 is 10.1 Å². The van der Waals surface area contributed by atoms with Gasteiger partial charge >= 0.3 is 5.69 Å². The van der Waals surface area contributed by atoms with Gasteiger partial charge in [0, 0.05) is 23.6 Å². The van der Waals surface area contributed by atoms with Gasteiger partial charge in [-0.2, -0.15) is 0 Å². The highest BCUT2D eigenvalue weighted by molar-refractivity contribution is 9.10. The molecule has 0 unspecified atom stereocenters. The highest BCUT2D eigenvalue weighted by atomic mass is 79.9. The van der Waals surface area contributed by atoms with E-state index < -0.39 is 4.92 Å². The molecule has 1 N–H and O–H groups in total. The third kappa shape index (κ3) is 2.17. The van der Waals surface area contributed by atoms with Crippen molar-refractivity contribution in [2.45, 2.75) is 12.5 Å². The van der Waals surface area contributed by atoms with Gasteiger partial charge in [0.05, 0.1) is 4.92 Å². The maximum atomic E-state index is 10.9. The first-order valence-corrected chi connectivity index (χ1v) is 5.63. The summed E-state index contributed by atoms with van der Waals surface area (Å²) < 4.78 is 6.33. The zero-order valence-corrected chi connectivity index (χ0v) is 10.3. The normalized spacial score (nSPS) is 17.6. The second kappa shape index (κ2) is 4.03. The molecule has 5 nitrogen and oxygen atoms in total. The minimum atomic E-state index is -0.435. The molecule has 0 radical (unpaired) electrons. The van der Waals surface area contributed by atoms with Crippen LogP contribution in [0.3, 0.4) is 0 Å². The fraction of sp³-hybridized carbons (Fsp3) is 0.400.